The molecule has 44 heavy (non-hydrogen) atoms. The van der Waals surface area contributed by atoms with E-state index in [1.54, 1.807) is 0 Å². The quantitative estimate of drug-likeness (QED) is 0.210. The van der Waals surface area contributed by atoms with E-state index in [1.165, 1.54) is 16.5 Å². The molecule has 0 aliphatic heterocycles. The average Bonchev–Trinajstić information content (AvgIpc) is 3.11. The van der Waals surface area contributed by atoms with Crippen LogP contribution in [-0.2, 0) is 0 Å². The molecular weight excluding hydrogens is 534 g/mol. The maximum atomic E-state index is 5.19. The minimum atomic E-state index is 0.648. The lowest BCUT2D eigenvalue weighted by Crippen LogP contribution is -2.01. The molecule has 0 saturated carbocycles. The highest BCUT2D eigenvalue weighted by Gasteiger charge is 2.18. The lowest BCUT2D eigenvalue weighted by atomic mass is 9.93. The molecule has 8 rings (SSSR count). The summed E-state index contributed by atoms with van der Waals surface area (Å²) in [6, 6.07) is 57.0. The number of hydrogen-bond acceptors (Lipinski definition) is 3. The molecule has 0 amide bonds. The zero-order valence-corrected chi connectivity index (χ0v) is 23.9. The normalized spacial score (nSPS) is 11.2. The molecule has 1 heterocycles. The number of rotatable bonds is 5. The van der Waals surface area contributed by atoms with Gasteiger partial charge in [-0.15, -0.1) is 0 Å². The maximum absolute atomic E-state index is 5.19. The largest absolute Gasteiger partial charge is 0.208 e. The summed E-state index contributed by atoms with van der Waals surface area (Å²) < 4.78 is 0. The summed E-state index contributed by atoms with van der Waals surface area (Å²) in [6.07, 6.45) is 0. The first kappa shape index (κ1) is 25.8. The van der Waals surface area contributed by atoms with Gasteiger partial charge in [-0.05, 0) is 55.9 Å². The first-order valence-electron chi connectivity index (χ1n) is 14.8. The fraction of sp³-hybridized carbons (Fsp3) is 0. The standard InChI is InChI=1S/C41H27N3/c1-4-12-28(13-5-1)32-20-21-34-27-35(23-22-33(34)26-32)40-42-39(31-17-8-3-9-18-31)43-41(44-40)38-36-19-11-10-16-30(36)24-25-37(38)29-14-6-2-7-15-29/h1-27H. The lowest BCUT2D eigenvalue weighted by Gasteiger charge is -2.15. The molecule has 0 spiro atoms. The Balaban J connectivity index is 1.34. The van der Waals surface area contributed by atoms with Crippen LogP contribution in [0.25, 0.3) is 78.0 Å². The van der Waals surface area contributed by atoms with E-state index in [-0.39, 0.29) is 0 Å². The van der Waals surface area contributed by atoms with Crippen molar-refractivity contribution >= 4 is 21.5 Å². The molecule has 0 N–H and O–H groups in total. The van der Waals surface area contributed by atoms with Gasteiger partial charge in [-0.2, -0.15) is 0 Å². The smallest absolute Gasteiger partial charge is 0.165 e. The van der Waals surface area contributed by atoms with Gasteiger partial charge in [-0.3, -0.25) is 0 Å². The van der Waals surface area contributed by atoms with E-state index in [1.807, 2.05) is 30.3 Å². The molecule has 0 atom stereocenters. The minimum Gasteiger partial charge on any atom is -0.208 e. The highest BCUT2D eigenvalue weighted by atomic mass is 15.0. The molecule has 0 radical (unpaired) electrons. The van der Waals surface area contributed by atoms with Crippen LogP contribution in [0.3, 0.4) is 0 Å². The molecule has 0 bridgehead atoms. The minimum absolute atomic E-state index is 0.648. The van der Waals surface area contributed by atoms with E-state index in [9.17, 15) is 0 Å². The predicted octanol–water partition coefficient (Wildman–Crippen LogP) is 10.5. The predicted molar refractivity (Wildman–Crippen MR) is 182 cm³/mol. The maximum Gasteiger partial charge on any atom is 0.165 e. The molecule has 206 valence electrons. The zero-order valence-electron chi connectivity index (χ0n) is 23.9. The van der Waals surface area contributed by atoms with Crippen LogP contribution in [-0.4, -0.2) is 15.0 Å². The van der Waals surface area contributed by atoms with Crippen molar-refractivity contribution in [2.45, 2.75) is 0 Å². The van der Waals surface area contributed by atoms with E-state index in [2.05, 4.69) is 133 Å². The van der Waals surface area contributed by atoms with Crippen molar-refractivity contribution in [3.05, 3.63) is 164 Å². The summed E-state index contributed by atoms with van der Waals surface area (Å²) in [5, 5.41) is 4.57. The lowest BCUT2D eigenvalue weighted by molar-refractivity contribution is 1.08. The monoisotopic (exact) mass is 561 g/mol. The van der Waals surface area contributed by atoms with Crippen molar-refractivity contribution in [2.24, 2.45) is 0 Å². The molecule has 3 nitrogen and oxygen atoms in total. The van der Waals surface area contributed by atoms with E-state index in [0.29, 0.717) is 17.5 Å². The molecule has 1 aromatic heterocycles. The molecule has 0 saturated heterocycles. The number of fused-ring (bicyclic) bond motifs is 2. The molecule has 0 unspecified atom stereocenters. The van der Waals surface area contributed by atoms with Crippen LogP contribution >= 0.6 is 0 Å². The Morgan fingerprint density at radius 3 is 1.50 bits per heavy atom. The summed E-state index contributed by atoms with van der Waals surface area (Å²) in [7, 11) is 0. The summed E-state index contributed by atoms with van der Waals surface area (Å²) in [6.45, 7) is 0. The molecule has 0 fully saturated rings. The summed E-state index contributed by atoms with van der Waals surface area (Å²) in [5.74, 6) is 1.95. The van der Waals surface area contributed by atoms with Crippen LogP contribution in [0.15, 0.2) is 164 Å². The van der Waals surface area contributed by atoms with Crippen LogP contribution in [0.4, 0.5) is 0 Å². The highest BCUT2D eigenvalue weighted by molar-refractivity contribution is 6.03. The Bertz CT molecular complexity index is 2260. The number of nitrogens with zero attached hydrogens (tertiary/aromatic N) is 3. The second-order valence-corrected chi connectivity index (χ2v) is 10.9. The first-order valence-corrected chi connectivity index (χ1v) is 14.8. The van der Waals surface area contributed by atoms with Gasteiger partial charge in [0.25, 0.3) is 0 Å². The summed E-state index contributed by atoms with van der Waals surface area (Å²) >= 11 is 0. The van der Waals surface area contributed by atoms with E-state index >= 15 is 0 Å². The van der Waals surface area contributed by atoms with Crippen molar-refractivity contribution in [1.82, 2.24) is 15.0 Å². The molecule has 7 aromatic carbocycles. The van der Waals surface area contributed by atoms with Crippen molar-refractivity contribution < 1.29 is 0 Å². The number of aromatic nitrogens is 3. The third kappa shape index (κ3) is 4.81. The van der Waals surface area contributed by atoms with Crippen LogP contribution in [0.1, 0.15) is 0 Å². The average molecular weight is 562 g/mol. The van der Waals surface area contributed by atoms with Crippen molar-refractivity contribution in [3.8, 4) is 56.4 Å². The first-order chi connectivity index (χ1) is 21.8. The van der Waals surface area contributed by atoms with Gasteiger partial charge in [-0.25, -0.2) is 15.0 Å². The van der Waals surface area contributed by atoms with Gasteiger partial charge in [-0.1, -0.05) is 152 Å². The fourth-order valence-corrected chi connectivity index (χ4v) is 5.90. The number of hydrogen-bond donors (Lipinski definition) is 0. The van der Waals surface area contributed by atoms with Crippen LogP contribution < -0.4 is 0 Å². The number of benzene rings is 7. The van der Waals surface area contributed by atoms with Gasteiger partial charge in [0.05, 0.1) is 0 Å². The van der Waals surface area contributed by atoms with Gasteiger partial charge < -0.3 is 0 Å². The molecule has 3 heteroatoms. The molecule has 0 aliphatic carbocycles. The highest BCUT2D eigenvalue weighted by Crippen LogP contribution is 2.38. The van der Waals surface area contributed by atoms with Crippen LogP contribution in [0.2, 0.25) is 0 Å². The zero-order chi connectivity index (χ0) is 29.3. The van der Waals surface area contributed by atoms with E-state index < -0.39 is 0 Å². The van der Waals surface area contributed by atoms with E-state index in [4.69, 9.17) is 15.0 Å². The Morgan fingerprint density at radius 2 is 0.795 bits per heavy atom. The third-order valence-electron chi connectivity index (χ3n) is 8.11. The Hall–Kier alpha value is -5.93. The molecule has 0 aliphatic rings. The van der Waals surface area contributed by atoms with Gasteiger partial charge in [0, 0.05) is 16.7 Å². The second-order valence-electron chi connectivity index (χ2n) is 10.9. The molecule has 8 aromatic rings. The van der Waals surface area contributed by atoms with Crippen LogP contribution in [0, 0.1) is 0 Å². The Labute approximate surface area is 256 Å². The summed E-state index contributed by atoms with van der Waals surface area (Å²) in [4.78, 5) is 15.3. The Kier molecular flexibility index (Phi) is 6.47. The van der Waals surface area contributed by atoms with Gasteiger partial charge in [0.15, 0.2) is 17.5 Å². The topological polar surface area (TPSA) is 38.7 Å². The molecular formula is C41H27N3. The van der Waals surface area contributed by atoms with Gasteiger partial charge >= 0.3 is 0 Å². The van der Waals surface area contributed by atoms with Crippen molar-refractivity contribution in [2.75, 3.05) is 0 Å². The van der Waals surface area contributed by atoms with Crippen LogP contribution in [0.5, 0.6) is 0 Å². The SMILES string of the molecule is c1ccc(-c2ccc3cc(-c4nc(-c5ccccc5)nc(-c5c(-c6ccccc6)ccc6ccccc56)n4)ccc3c2)cc1. The van der Waals surface area contributed by atoms with Crippen molar-refractivity contribution in [1.29, 1.82) is 0 Å². The van der Waals surface area contributed by atoms with Gasteiger partial charge in [0.1, 0.15) is 0 Å². The fourth-order valence-electron chi connectivity index (χ4n) is 5.90. The van der Waals surface area contributed by atoms with Gasteiger partial charge in [0.2, 0.25) is 0 Å². The summed E-state index contributed by atoms with van der Waals surface area (Å²) in [5.41, 5.74) is 7.52. The van der Waals surface area contributed by atoms with Crippen molar-refractivity contribution in [3.63, 3.8) is 0 Å². The second kappa shape index (κ2) is 11.0. The van der Waals surface area contributed by atoms with E-state index in [0.717, 1.165) is 44.0 Å². The third-order valence-corrected chi connectivity index (χ3v) is 8.11. The Morgan fingerprint density at radius 1 is 0.295 bits per heavy atom.